The predicted octanol–water partition coefficient (Wildman–Crippen LogP) is 3.38. The lowest BCUT2D eigenvalue weighted by Crippen LogP contribution is -2.31. The number of anilines is 1. The Balaban J connectivity index is 2.53. The topological polar surface area (TPSA) is 32.7 Å². The molecular weight excluding hydrogens is 288 g/mol. The first-order valence-corrected chi connectivity index (χ1v) is 5.55. The van der Waals surface area contributed by atoms with Crippen molar-refractivity contribution in [1.29, 1.82) is 0 Å². The number of halogens is 5. The first-order valence-electron chi connectivity index (χ1n) is 5.17. The Hall–Kier alpha value is -1.63. The fraction of sp³-hybridized carbons (Fsp3) is 0.273. The van der Waals surface area contributed by atoms with Crippen LogP contribution in [0.2, 0.25) is 5.02 Å². The molecule has 0 saturated carbocycles. The number of carbonyl (C=O) groups is 1. The minimum atomic E-state index is -4.75. The highest BCUT2D eigenvalue weighted by molar-refractivity contribution is 6.34. The van der Waals surface area contributed by atoms with Gasteiger partial charge in [-0.1, -0.05) is 17.7 Å². The summed E-state index contributed by atoms with van der Waals surface area (Å²) in [4.78, 5) is 11.8. The van der Waals surface area contributed by atoms with Crippen molar-refractivity contribution in [3.63, 3.8) is 0 Å². The molecule has 1 aliphatic heterocycles. The van der Waals surface area contributed by atoms with Crippen LogP contribution >= 0.6 is 11.6 Å². The van der Waals surface area contributed by atoms with Crippen molar-refractivity contribution in [2.24, 2.45) is 11.0 Å². The highest BCUT2D eigenvalue weighted by Gasteiger charge is 2.48. The molecule has 102 valence electrons. The van der Waals surface area contributed by atoms with E-state index in [9.17, 15) is 22.4 Å². The van der Waals surface area contributed by atoms with Crippen LogP contribution < -0.4 is 5.01 Å². The van der Waals surface area contributed by atoms with Gasteiger partial charge in [-0.2, -0.15) is 23.3 Å². The maximum absolute atomic E-state index is 13.6. The predicted molar refractivity (Wildman–Crippen MR) is 61.6 cm³/mol. The van der Waals surface area contributed by atoms with Crippen molar-refractivity contribution in [2.75, 3.05) is 5.01 Å². The summed E-state index contributed by atoms with van der Waals surface area (Å²) in [5.41, 5.74) is -1.74. The van der Waals surface area contributed by atoms with Crippen molar-refractivity contribution < 1.29 is 22.4 Å². The summed E-state index contributed by atoms with van der Waals surface area (Å²) in [6, 6.07) is 3.53. The van der Waals surface area contributed by atoms with Gasteiger partial charge in [0.25, 0.3) is 5.91 Å². The van der Waals surface area contributed by atoms with E-state index >= 15 is 0 Å². The molecule has 2 rings (SSSR count). The molecule has 1 aromatic rings. The van der Waals surface area contributed by atoms with Crippen LogP contribution in [0.5, 0.6) is 0 Å². The molecule has 0 spiro atoms. The smallest absolute Gasteiger partial charge is 0.272 e. The minimum absolute atomic E-state index is 0.187. The third-order valence-corrected chi connectivity index (χ3v) is 2.94. The molecule has 0 fully saturated rings. The number of para-hydroxylation sites is 1. The number of benzene rings is 1. The van der Waals surface area contributed by atoms with Gasteiger partial charge in [-0.05, 0) is 19.1 Å². The fourth-order valence-electron chi connectivity index (χ4n) is 1.70. The lowest BCUT2D eigenvalue weighted by atomic mass is 10.1. The molecule has 0 saturated heterocycles. The van der Waals surface area contributed by atoms with E-state index in [-0.39, 0.29) is 5.02 Å². The number of carbonyl (C=O) groups excluding carboxylic acids is 1. The summed E-state index contributed by atoms with van der Waals surface area (Å²) in [7, 11) is 0. The van der Waals surface area contributed by atoms with Gasteiger partial charge in [0.1, 0.15) is 5.69 Å². The second kappa shape index (κ2) is 4.48. The van der Waals surface area contributed by atoms with Gasteiger partial charge in [-0.15, -0.1) is 0 Å². The maximum atomic E-state index is 13.6. The van der Waals surface area contributed by atoms with Crippen molar-refractivity contribution in [1.82, 2.24) is 0 Å². The molecule has 0 N–H and O–H groups in total. The Kier molecular flexibility index (Phi) is 3.25. The molecule has 0 aliphatic carbocycles. The highest BCUT2D eigenvalue weighted by atomic mass is 35.5. The quantitative estimate of drug-likeness (QED) is 0.731. The number of amides is 1. The summed E-state index contributed by atoms with van der Waals surface area (Å²) in [5.74, 6) is -3.38. The van der Waals surface area contributed by atoms with E-state index in [1.165, 1.54) is 12.1 Å². The second-order valence-corrected chi connectivity index (χ2v) is 4.33. The molecule has 3 nitrogen and oxygen atoms in total. The largest absolute Gasteiger partial charge is 0.432 e. The van der Waals surface area contributed by atoms with Crippen LogP contribution in [0, 0.1) is 11.7 Å². The summed E-state index contributed by atoms with van der Waals surface area (Å²) < 4.78 is 51.5. The summed E-state index contributed by atoms with van der Waals surface area (Å²) in [6.07, 6.45) is -4.75. The zero-order valence-electron chi connectivity index (χ0n) is 9.50. The highest BCUT2D eigenvalue weighted by Crippen LogP contribution is 2.36. The van der Waals surface area contributed by atoms with Gasteiger partial charge in [0, 0.05) is 0 Å². The fourth-order valence-corrected chi connectivity index (χ4v) is 1.94. The molecule has 1 heterocycles. The van der Waals surface area contributed by atoms with Crippen molar-refractivity contribution >= 4 is 28.9 Å². The Morgan fingerprint density at radius 2 is 2.00 bits per heavy atom. The molecule has 1 atom stereocenters. The van der Waals surface area contributed by atoms with Crippen LogP contribution in [0.3, 0.4) is 0 Å². The van der Waals surface area contributed by atoms with E-state index in [0.717, 1.165) is 13.0 Å². The first kappa shape index (κ1) is 13.8. The molecular formula is C11H7ClF4N2O. The van der Waals surface area contributed by atoms with E-state index in [1.54, 1.807) is 0 Å². The van der Waals surface area contributed by atoms with Crippen LogP contribution in [0.1, 0.15) is 6.92 Å². The van der Waals surface area contributed by atoms with Crippen LogP contribution in [0.4, 0.5) is 23.2 Å². The average molecular weight is 295 g/mol. The molecule has 0 bridgehead atoms. The van der Waals surface area contributed by atoms with Crippen LogP contribution in [-0.2, 0) is 4.79 Å². The van der Waals surface area contributed by atoms with Gasteiger partial charge in [0.15, 0.2) is 11.5 Å². The van der Waals surface area contributed by atoms with Crippen molar-refractivity contribution in [2.45, 2.75) is 13.1 Å². The van der Waals surface area contributed by atoms with Gasteiger partial charge >= 0.3 is 6.18 Å². The third-order valence-electron chi connectivity index (χ3n) is 2.64. The van der Waals surface area contributed by atoms with E-state index < -0.39 is 35.2 Å². The first-order chi connectivity index (χ1) is 8.73. The number of alkyl halides is 3. The van der Waals surface area contributed by atoms with Crippen molar-refractivity contribution in [3.8, 4) is 0 Å². The lowest BCUT2D eigenvalue weighted by Gasteiger charge is -2.14. The SMILES string of the molecule is CC1C(=O)N(c2c(F)cccc2Cl)N=C1C(F)(F)F. The van der Waals surface area contributed by atoms with E-state index in [4.69, 9.17) is 11.6 Å². The Morgan fingerprint density at radius 1 is 1.37 bits per heavy atom. The molecule has 0 radical (unpaired) electrons. The number of rotatable bonds is 1. The standard InChI is InChI=1S/C11H7ClF4N2O/c1-5-9(11(14,15)16)17-18(10(5)19)8-6(12)3-2-4-7(8)13/h2-5H,1H3. The van der Waals surface area contributed by atoms with Crippen LogP contribution in [0.15, 0.2) is 23.3 Å². The Bertz CT molecular complexity index is 550. The lowest BCUT2D eigenvalue weighted by molar-refractivity contribution is -0.120. The zero-order chi connectivity index (χ0) is 14.4. The number of nitrogens with zero attached hydrogens (tertiary/aromatic N) is 2. The average Bonchev–Trinajstić information content (AvgIpc) is 2.57. The van der Waals surface area contributed by atoms with Crippen molar-refractivity contribution in [3.05, 3.63) is 29.0 Å². The molecule has 1 aromatic carbocycles. The molecule has 8 heteroatoms. The Labute approximate surface area is 110 Å². The Morgan fingerprint density at radius 3 is 2.47 bits per heavy atom. The third kappa shape index (κ3) is 2.30. The monoisotopic (exact) mass is 294 g/mol. The van der Waals surface area contributed by atoms with E-state index in [0.29, 0.717) is 5.01 Å². The van der Waals surface area contributed by atoms with E-state index in [1.807, 2.05) is 0 Å². The van der Waals surface area contributed by atoms with E-state index in [2.05, 4.69) is 5.10 Å². The zero-order valence-corrected chi connectivity index (χ0v) is 10.3. The van der Waals surface area contributed by atoms with Gasteiger partial charge in [-0.3, -0.25) is 4.79 Å². The molecule has 0 aromatic heterocycles. The molecule has 1 amide bonds. The van der Waals surface area contributed by atoms with Crippen LogP contribution in [0.25, 0.3) is 0 Å². The van der Waals surface area contributed by atoms with Gasteiger partial charge in [-0.25, -0.2) is 4.39 Å². The molecule has 19 heavy (non-hydrogen) atoms. The van der Waals surface area contributed by atoms with Gasteiger partial charge < -0.3 is 0 Å². The molecule has 1 unspecified atom stereocenters. The summed E-state index contributed by atoms with van der Waals surface area (Å²) in [5, 5.41) is 3.34. The van der Waals surface area contributed by atoms with Gasteiger partial charge in [0.05, 0.1) is 10.9 Å². The minimum Gasteiger partial charge on any atom is -0.272 e. The van der Waals surface area contributed by atoms with Crippen LogP contribution in [-0.4, -0.2) is 17.8 Å². The normalized spacial score (nSPS) is 19.9. The van der Waals surface area contributed by atoms with Gasteiger partial charge in [0.2, 0.25) is 0 Å². The number of hydrazone groups is 1. The maximum Gasteiger partial charge on any atom is 0.432 e. The summed E-state index contributed by atoms with van der Waals surface area (Å²) in [6.45, 7) is 1.06. The second-order valence-electron chi connectivity index (χ2n) is 3.92. The number of hydrogen-bond acceptors (Lipinski definition) is 2. The summed E-state index contributed by atoms with van der Waals surface area (Å²) >= 11 is 5.70. The number of hydrogen-bond donors (Lipinski definition) is 0. The molecule has 1 aliphatic rings.